The van der Waals surface area contributed by atoms with Gasteiger partial charge in [-0.2, -0.15) is 0 Å². The highest BCUT2D eigenvalue weighted by molar-refractivity contribution is 7.15. The maximum absolute atomic E-state index is 4.90. The fourth-order valence-corrected chi connectivity index (χ4v) is 3.18. The van der Waals surface area contributed by atoms with E-state index in [4.69, 9.17) is 4.98 Å². The Labute approximate surface area is 121 Å². The molecular formula is C15H27N3S. The predicted octanol–water partition coefficient (Wildman–Crippen LogP) is 3.75. The highest BCUT2D eigenvalue weighted by atomic mass is 32.1. The van der Waals surface area contributed by atoms with Crippen LogP contribution in [0, 0.1) is 0 Å². The Kier molecular flexibility index (Phi) is 4.85. The number of rotatable bonds is 7. The van der Waals surface area contributed by atoms with Gasteiger partial charge >= 0.3 is 0 Å². The van der Waals surface area contributed by atoms with Gasteiger partial charge in [-0.3, -0.25) is 0 Å². The second-order valence-corrected chi connectivity index (χ2v) is 7.04. The Morgan fingerprint density at radius 2 is 2.05 bits per heavy atom. The largest absolute Gasteiger partial charge is 0.349 e. The summed E-state index contributed by atoms with van der Waals surface area (Å²) in [5.74, 6) is 0.557. The van der Waals surface area contributed by atoms with Crippen molar-refractivity contribution < 1.29 is 0 Å². The first-order valence-corrected chi connectivity index (χ1v) is 8.30. The molecule has 0 aliphatic heterocycles. The summed E-state index contributed by atoms with van der Waals surface area (Å²) in [6.45, 7) is 9.95. The van der Waals surface area contributed by atoms with E-state index >= 15 is 0 Å². The molecule has 1 saturated carbocycles. The minimum atomic E-state index is 0.500. The molecule has 0 amide bonds. The van der Waals surface area contributed by atoms with Crippen LogP contribution in [-0.2, 0) is 6.54 Å². The maximum Gasteiger partial charge on any atom is 0.185 e. The predicted molar refractivity (Wildman–Crippen MR) is 84.2 cm³/mol. The molecule has 1 atom stereocenters. The molecule has 0 spiro atoms. The molecule has 2 rings (SSSR count). The molecule has 0 radical (unpaired) electrons. The molecule has 0 saturated heterocycles. The van der Waals surface area contributed by atoms with Crippen LogP contribution >= 0.6 is 11.3 Å². The lowest BCUT2D eigenvalue weighted by molar-refractivity contribution is 0.659. The third-order valence-electron chi connectivity index (χ3n) is 4.00. The average Bonchev–Trinajstić information content (AvgIpc) is 3.13. The smallest absolute Gasteiger partial charge is 0.185 e. The van der Waals surface area contributed by atoms with Gasteiger partial charge in [0.05, 0.1) is 5.69 Å². The first-order chi connectivity index (χ1) is 9.02. The molecule has 1 N–H and O–H groups in total. The highest BCUT2D eigenvalue weighted by Gasteiger charge is 2.23. The molecule has 19 heavy (non-hydrogen) atoms. The molecule has 1 aromatic rings. The molecule has 1 heterocycles. The van der Waals surface area contributed by atoms with Crippen LogP contribution in [0.5, 0.6) is 0 Å². The molecule has 3 nitrogen and oxygen atoms in total. The van der Waals surface area contributed by atoms with Gasteiger partial charge in [0.25, 0.3) is 0 Å². The van der Waals surface area contributed by atoms with Crippen LogP contribution in [0.4, 0.5) is 5.13 Å². The van der Waals surface area contributed by atoms with Gasteiger partial charge in [-0.25, -0.2) is 4.98 Å². The summed E-state index contributed by atoms with van der Waals surface area (Å²) >= 11 is 1.86. The first-order valence-electron chi connectivity index (χ1n) is 7.48. The van der Waals surface area contributed by atoms with Gasteiger partial charge in [-0.1, -0.05) is 13.8 Å². The van der Waals surface area contributed by atoms with Crippen LogP contribution in [0.25, 0.3) is 0 Å². The van der Waals surface area contributed by atoms with Crippen molar-refractivity contribution >= 4 is 16.5 Å². The lowest BCUT2D eigenvalue weighted by Crippen LogP contribution is -2.25. The van der Waals surface area contributed by atoms with E-state index in [-0.39, 0.29) is 0 Å². The molecule has 1 aromatic heterocycles. The van der Waals surface area contributed by atoms with Crippen molar-refractivity contribution in [1.82, 2.24) is 10.3 Å². The highest BCUT2D eigenvalue weighted by Crippen LogP contribution is 2.33. The van der Waals surface area contributed by atoms with Crippen LogP contribution in [-0.4, -0.2) is 24.1 Å². The van der Waals surface area contributed by atoms with Crippen LogP contribution in [0.1, 0.15) is 63.4 Å². The van der Waals surface area contributed by atoms with Gasteiger partial charge < -0.3 is 10.2 Å². The summed E-state index contributed by atoms with van der Waals surface area (Å²) in [6, 6.07) is 1.26. The molecule has 1 unspecified atom stereocenters. The van der Waals surface area contributed by atoms with Crippen molar-refractivity contribution in [2.75, 3.05) is 11.9 Å². The van der Waals surface area contributed by atoms with Crippen molar-refractivity contribution in [3.8, 4) is 0 Å². The average molecular weight is 281 g/mol. The second-order valence-electron chi connectivity index (χ2n) is 5.97. The van der Waals surface area contributed by atoms with E-state index in [1.807, 2.05) is 11.3 Å². The number of nitrogens with zero attached hydrogens (tertiary/aromatic N) is 2. The number of hydrogen-bond acceptors (Lipinski definition) is 4. The fourth-order valence-electron chi connectivity index (χ4n) is 1.95. The standard InChI is InChI=1S/C15H27N3S/c1-6-11(4)14-13(9-16-12-7-8-12)19-15(17-14)18(5)10(2)3/h10-12,16H,6-9H2,1-5H3. The SMILES string of the molecule is CCC(C)c1nc(N(C)C(C)C)sc1CNC1CC1. The van der Waals surface area contributed by atoms with Crippen molar-refractivity contribution in [3.05, 3.63) is 10.6 Å². The number of aromatic nitrogens is 1. The zero-order valence-electron chi connectivity index (χ0n) is 12.9. The monoisotopic (exact) mass is 281 g/mol. The number of anilines is 1. The van der Waals surface area contributed by atoms with Crippen LogP contribution in [0.15, 0.2) is 0 Å². The molecule has 0 bridgehead atoms. The summed E-state index contributed by atoms with van der Waals surface area (Å²) < 4.78 is 0. The molecule has 108 valence electrons. The topological polar surface area (TPSA) is 28.2 Å². The number of thiazole rings is 1. The van der Waals surface area contributed by atoms with E-state index < -0.39 is 0 Å². The summed E-state index contributed by atoms with van der Waals surface area (Å²) in [5.41, 5.74) is 1.31. The van der Waals surface area contributed by atoms with Gasteiger partial charge in [0.1, 0.15) is 0 Å². The number of hydrogen-bond donors (Lipinski definition) is 1. The first kappa shape index (κ1) is 14.8. The molecule has 1 aliphatic rings. The normalized spacial score (nSPS) is 16.9. The Morgan fingerprint density at radius 3 is 2.58 bits per heavy atom. The van der Waals surface area contributed by atoms with E-state index in [1.54, 1.807) is 0 Å². The zero-order valence-corrected chi connectivity index (χ0v) is 13.7. The van der Waals surface area contributed by atoms with Crippen molar-refractivity contribution in [3.63, 3.8) is 0 Å². The Balaban J connectivity index is 2.16. The molecular weight excluding hydrogens is 254 g/mol. The Bertz CT molecular complexity index is 410. The van der Waals surface area contributed by atoms with Gasteiger partial charge in [0.2, 0.25) is 0 Å². The zero-order chi connectivity index (χ0) is 14.0. The third-order valence-corrected chi connectivity index (χ3v) is 5.16. The quantitative estimate of drug-likeness (QED) is 0.825. The third kappa shape index (κ3) is 3.69. The van der Waals surface area contributed by atoms with Gasteiger partial charge in [0.15, 0.2) is 5.13 Å². The maximum atomic E-state index is 4.90. The van der Waals surface area contributed by atoms with E-state index in [0.29, 0.717) is 12.0 Å². The van der Waals surface area contributed by atoms with Crippen LogP contribution in [0.2, 0.25) is 0 Å². The molecule has 1 fully saturated rings. The summed E-state index contributed by atoms with van der Waals surface area (Å²) in [4.78, 5) is 8.61. The van der Waals surface area contributed by atoms with E-state index in [1.165, 1.54) is 23.4 Å². The van der Waals surface area contributed by atoms with Crippen LogP contribution in [0.3, 0.4) is 0 Å². The van der Waals surface area contributed by atoms with E-state index in [9.17, 15) is 0 Å². The van der Waals surface area contributed by atoms with Crippen LogP contribution < -0.4 is 10.2 Å². The lowest BCUT2D eigenvalue weighted by Gasteiger charge is -2.20. The minimum absolute atomic E-state index is 0.500. The number of nitrogens with one attached hydrogen (secondary N) is 1. The Hall–Kier alpha value is -0.610. The Morgan fingerprint density at radius 1 is 1.37 bits per heavy atom. The van der Waals surface area contributed by atoms with E-state index in [0.717, 1.165) is 24.1 Å². The van der Waals surface area contributed by atoms with Crippen molar-refractivity contribution in [1.29, 1.82) is 0 Å². The lowest BCUT2D eigenvalue weighted by atomic mass is 10.0. The summed E-state index contributed by atoms with van der Waals surface area (Å²) in [6.07, 6.45) is 3.84. The van der Waals surface area contributed by atoms with Gasteiger partial charge in [0, 0.05) is 30.6 Å². The van der Waals surface area contributed by atoms with E-state index in [2.05, 4.69) is 45.0 Å². The molecule has 0 aromatic carbocycles. The van der Waals surface area contributed by atoms with Gasteiger partial charge in [-0.15, -0.1) is 11.3 Å². The fraction of sp³-hybridized carbons (Fsp3) is 0.800. The minimum Gasteiger partial charge on any atom is -0.349 e. The molecule has 1 aliphatic carbocycles. The summed E-state index contributed by atoms with van der Waals surface area (Å²) in [7, 11) is 2.14. The molecule has 4 heteroatoms. The van der Waals surface area contributed by atoms with Crippen molar-refractivity contribution in [2.24, 2.45) is 0 Å². The summed E-state index contributed by atoms with van der Waals surface area (Å²) in [5, 5.41) is 4.79. The van der Waals surface area contributed by atoms with Gasteiger partial charge in [-0.05, 0) is 39.0 Å². The second kappa shape index (κ2) is 6.23. The van der Waals surface area contributed by atoms with Crippen molar-refractivity contribution in [2.45, 2.75) is 71.5 Å².